The summed E-state index contributed by atoms with van der Waals surface area (Å²) in [4.78, 5) is 10.6. The summed E-state index contributed by atoms with van der Waals surface area (Å²) in [6, 6.07) is 7.99. The van der Waals surface area contributed by atoms with Gasteiger partial charge in [0.15, 0.2) is 6.29 Å². The van der Waals surface area contributed by atoms with Crippen molar-refractivity contribution >= 4 is 6.29 Å². The minimum atomic E-state index is -0.252. The highest BCUT2D eigenvalue weighted by atomic mass is 19.1. The molecule has 0 radical (unpaired) electrons. The van der Waals surface area contributed by atoms with E-state index in [0.29, 0.717) is 12.1 Å². The Hall–Kier alpha value is -1.97. The summed E-state index contributed by atoms with van der Waals surface area (Å²) < 4.78 is 14.2. The molecule has 4 heteroatoms. The van der Waals surface area contributed by atoms with Gasteiger partial charge in [-0.15, -0.1) is 0 Å². The Bertz CT molecular complexity index is 502. The second kappa shape index (κ2) is 4.26. The lowest BCUT2D eigenvalue weighted by Crippen LogP contribution is -1.96. The smallest absolute Gasteiger partial charge is 0.168 e. The van der Waals surface area contributed by atoms with E-state index in [1.54, 1.807) is 25.2 Å². The third-order valence-electron chi connectivity index (χ3n) is 2.39. The summed E-state index contributed by atoms with van der Waals surface area (Å²) in [5.41, 5.74) is 2.31. The molecule has 0 fully saturated rings. The summed E-state index contributed by atoms with van der Waals surface area (Å²) in [5.74, 6) is -0.252. The van der Waals surface area contributed by atoms with Crippen LogP contribution in [0.1, 0.15) is 21.7 Å². The summed E-state index contributed by atoms with van der Waals surface area (Å²) >= 11 is 0. The van der Waals surface area contributed by atoms with Gasteiger partial charge in [-0.2, -0.15) is 5.10 Å². The molecule has 1 aromatic heterocycles. The number of benzene rings is 1. The lowest BCUT2D eigenvalue weighted by atomic mass is 10.1. The largest absolute Gasteiger partial charge is 0.296 e. The van der Waals surface area contributed by atoms with Gasteiger partial charge in [-0.05, 0) is 23.8 Å². The Morgan fingerprint density at radius 2 is 2.06 bits per heavy atom. The number of aryl methyl sites for hydroxylation is 1. The molecule has 0 amide bonds. The summed E-state index contributed by atoms with van der Waals surface area (Å²) in [5, 5.41) is 4.19. The Morgan fingerprint density at radius 3 is 2.62 bits per heavy atom. The fourth-order valence-electron chi connectivity index (χ4n) is 1.55. The molecule has 0 atom stereocenters. The number of hydrogen-bond donors (Lipinski definition) is 0. The van der Waals surface area contributed by atoms with Gasteiger partial charge in [0.1, 0.15) is 11.5 Å². The number of hydrogen-bond acceptors (Lipinski definition) is 2. The van der Waals surface area contributed by atoms with Gasteiger partial charge in [0.05, 0.1) is 5.69 Å². The number of aldehydes is 1. The first-order valence-electron chi connectivity index (χ1n) is 4.91. The van der Waals surface area contributed by atoms with E-state index < -0.39 is 0 Å². The summed E-state index contributed by atoms with van der Waals surface area (Å²) in [7, 11) is 1.72. The van der Waals surface area contributed by atoms with Crippen molar-refractivity contribution in [1.82, 2.24) is 9.78 Å². The van der Waals surface area contributed by atoms with E-state index in [-0.39, 0.29) is 5.82 Å². The molecule has 0 N–H and O–H groups in total. The molecule has 0 aliphatic carbocycles. The van der Waals surface area contributed by atoms with Gasteiger partial charge in [0, 0.05) is 13.5 Å². The molecule has 3 nitrogen and oxygen atoms in total. The zero-order chi connectivity index (χ0) is 11.5. The zero-order valence-electron chi connectivity index (χ0n) is 8.85. The van der Waals surface area contributed by atoms with Crippen molar-refractivity contribution in [3.8, 4) is 0 Å². The van der Waals surface area contributed by atoms with Crippen LogP contribution in [0.5, 0.6) is 0 Å². The average molecular weight is 218 g/mol. The second-order valence-corrected chi connectivity index (χ2v) is 3.61. The molecule has 82 valence electrons. The standard InChI is InChI=1S/C12H11FN2O/c1-15-12(8-16)7-11(14-15)6-9-2-4-10(13)5-3-9/h2-5,7-8H,6H2,1H3. The first-order valence-corrected chi connectivity index (χ1v) is 4.91. The van der Waals surface area contributed by atoms with E-state index in [0.717, 1.165) is 17.5 Å². The molecule has 0 spiro atoms. The van der Waals surface area contributed by atoms with E-state index in [1.807, 2.05) is 0 Å². The van der Waals surface area contributed by atoms with Crippen LogP contribution in [0, 0.1) is 5.82 Å². The Labute approximate surface area is 92.5 Å². The number of nitrogens with zero attached hydrogens (tertiary/aromatic N) is 2. The molecule has 0 aliphatic heterocycles. The van der Waals surface area contributed by atoms with Crippen LogP contribution in [0.4, 0.5) is 4.39 Å². The van der Waals surface area contributed by atoms with Crippen LogP contribution in [0.3, 0.4) is 0 Å². The lowest BCUT2D eigenvalue weighted by molar-refractivity contribution is 0.111. The molecule has 0 saturated heterocycles. The van der Waals surface area contributed by atoms with Gasteiger partial charge in [-0.25, -0.2) is 4.39 Å². The third-order valence-corrected chi connectivity index (χ3v) is 2.39. The molecule has 2 rings (SSSR count). The van der Waals surface area contributed by atoms with Crippen LogP contribution in [0.25, 0.3) is 0 Å². The fourth-order valence-corrected chi connectivity index (χ4v) is 1.55. The maximum Gasteiger partial charge on any atom is 0.168 e. The normalized spacial score (nSPS) is 10.4. The predicted molar refractivity (Wildman–Crippen MR) is 57.8 cm³/mol. The number of carbonyl (C=O) groups excluding carboxylic acids is 1. The van der Waals surface area contributed by atoms with Crippen LogP contribution >= 0.6 is 0 Å². The number of carbonyl (C=O) groups is 1. The summed E-state index contributed by atoms with van der Waals surface area (Å²) in [6.45, 7) is 0. The van der Waals surface area contributed by atoms with Crippen molar-refractivity contribution in [2.75, 3.05) is 0 Å². The van der Waals surface area contributed by atoms with Crippen molar-refractivity contribution in [3.63, 3.8) is 0 Å². The minimum Gasteiger partial charge on any atom is -0.296 e. The molecular formula is C12H11FN2O. The Balaban J connectivity index is 2.20. The maximum atomic E-state index is 12.7. The van der Waals surface area contributed by atoms with E-state index in [2.05, 4.69) is 5.10 Å². The Kier molecular flexibility index (Phi) is 2.81. The maximum absolute atomic E-state index is 12.7. The van der Waals surface area contributed by atoms with E-state index in [4.69, 9.17) is 0 Å². The highest BCUT2D eigenvalue weighted by Crippen LogP contribution is 2.10. The molecule has 16 heavy (non-hydrogen) atoms. The van der Waals surface area contributed by atoms with E-state index >= 15 is 0 Å². The molecule has 1 aromatic carbocycles. The number of halogens is 1. The van der Waals surface area contributed by atoms with Crippen LogP contribution in [-0.2, 0) is 13.5 Å². The van der Waals surface area contributed by atoms with Crippen LogP contribution in [0.15, 0.2) is 30.3 Å². The van der Waals surface area contributed by atoms with Crippen molar-refractivity contribution in [2.45, 2.75) is 6.42 Å². The monoisotopic (exact) mass is 218 g/mol. The van der Waals surface area contributed by atoms with E-state index in [1.165, 1.54) is 16.8 Å². The van der Waals surface area contributed by atoms with Gasteiger partial charge in [0.2, 0.25) is 0 Å². The molecule has 0 bridgehead atoms. The van der Waals surface area contributed by atoms with Crippen LogP contribution < -0.4 is 0 Å². The number of rotatable bonds is 3. The van der Waals surface area contributed by atoms with Gasteiger partial charge in [0.25, 0.3) is 0 Å². The average Bonchev–Trinajstić information content (AvgIpc) is 2.62. The SMILES string of the molecule is Cn1nc(Cc2ccc(F)cc2)cc1C=O. The Morgan fingerprint density at radius 1 is 1.38 bits per heavy atom. The van der Waals surface area contributed by atoms with Crippen LogP contribution in [0.2, 0.25) is 0 Å². The number of aromatic nitrogens is 2. The van der Waals surface area contributed by atoms with Crippen LogP contribution in [-0.4, -0.2) is 16.1 Å². The topological polar surface area (TPSA) is 34.9 Å². The van der Waals surface area contributed by atoms with Gasteiger partial charge >= 0.3 is 0 Å². The highest BCUT2D eigenvalue weighted by Gasteiger charge is 2.04. The van der Waals surface area contributed by atoms with Crippen molar-refractivity contribution in [1.29, 1.82) is 0 Å². The predicted octanol–water partition coefficient (Wildman–Crippen LogP) is 1.96. The van der Waals surface area contributed by atoms with Gasteiger partial charge in [-0.3, -0.25) is 9.48 Å². The first kappa shape index (κ1) is 10.5. The highest BCUT2D eigenvalue weighted by molar-refractivity contribution is 5.72. The molecule has 0 unspecified atom stereocenters. The molecule has 1 heterocycles. The molecule has 0 aliphatic rings. The lowest BCUT2D eigenvalue weighted by Gasteiger charge is -1.97. The first-order chi connectivity index (χ1) is 7.69. The quantitative estimate of drug-likeness (QED) is 0.738. The molecule has 2 aromatic rings. The fraction of sp³-hybridized carbons (Fsp3) is 0.167. The molecular weight excluding hydrogens is 207 g/mol. The third kappa shape index (κ3) is 2.16. The van der Waals surface area contributed by atoms with E-state index in [9.17, 15) is 9.18 Å². The van der Waals surface area contributed by atoms with Crippen molar-refractivity contribution in [3.05, 3.63) is 53.1 Å². The minimum absolute atomic E-state index is 0.252. The van der Waals surface area contributed by atoms with Gasteiger partial charge < -0.3 is 0 Å². The zero-order valence-corrected chi connectivity index (χ0v) is 8.85. The van der Waals surface area contributed by atoms with Crippen molar-refractivity contribution < 1.29 is 9.18 Å². The second-order valence-electron chi connectivity index (χ2n) is 3.61. The van der Waals surface area contributed by atoms with Gasteiger partial charge in [-0.1, -0.05) is 12.1 Å². The summed E-state index contributed by atoms with van der Waals surface area (Å²) in [6.07, 6.45) is 1.36. The molecule has 0 saturated carbocycles. The van der Waals surface area contributed by atoms with Crippen molar-refractivity contribution in [2.24, 2.45) is 7.05 Å².